The Bertz CT molecular complexity index is 825. The summed E-state index contributed by atoms with van der Waals surface area (Å²) in [6.45, 7) is 0. The van der Waals surface area contributed by atoms with E-state index in [1.165, 1.54) is 30.1 Å². The lowest BCUT2D eigenvalue weighted by Gasteiger charge is -1.99. The van der Waals surface area contributed by atoms with Gasteiger partial charge in [0.1, 0.15) is 5.75 Å². The lowest BCUT2D eigenvalue weighted by Crippen LogP contribution is -1.87. The second-order valence-corrected chi connectivity index (χ2v) is 6.28. The van der Waals surface area contributed by atoms with Crippen LogP contribution < -0.4 is 4.74 Å². The minimum absolute atomic E-state index is 0.724. The van der Waals surface area contributed by atoms with Gasteiger partial charge in [-0.1, -0.05) is 18.2 Å². The molecule has 0 unspecified atom stereocenters. The van der Waals surface area contributed by atoms with Crippen molar-refractivity contribution in [3.05, 3.63) is 73.1 Å². The fourth-order valence-corrected chi connectivity index (χ4v) is 2.79. The summed E-state index contributed by atoms with van der Waals surface area (Å²) < 4.78 is 9.40. The van der Waals surface area contributed by atoms with Crippen LogP contribution in [0.1, 0.15) is 0 Å². The summed E-state index contributed by atoms with van der Waals surface area (Å²) in [6, 6.07) is 19.1. The third-order valence-corrected chi connectivity index (χ3v) is 4.18. The second kappa shape index (κ2) is 9.61. The molecule has 1 heterocycles. The summed E-state index contributed by atoms with van der Waals surface area (Å²) in [7, 11) is 0. The van der Waals surface area contributed by atoms with E-state index in [4.69, 9.17) is 4.74 Å². The summed E-state index contributed by atoms with van der Waals surface area (Å²) in [6.07, 6.45) is 4.85. The second-order valence-electron chi connectivity index (χ2n) is 4.61. The van der Waals surface area contributed by atoms with Gasteiger partial charge in [0.2, 0.25) is 0 Å². The maximum Gasteiger partial charge on any atom is 0.192 e. The van der Waals surface area contributed by atoms with Crippen molar-refractivity contribution in [2.45, 2.75) is 10.1 Å². The third-order valence-electron chi connectivity index (χ3n) is 2.87. The van der Waals surface area contributed by atoms with Crippen molar-refractivity contribution in [2.24, 2.45) is 9.39 Å². The van der Waals surface area contributed by atoms with Crippen LogP contribution in [0.4, 0.5) is 5.69 Å². The van der Waals surface area contributed by atoms with Gasteiger partial charge in [-0.15, -0.1) is 0 Å². The molecule has 0 N–H and O–H groups in total. The van der Waals surface area contributed by atoms with Gasteiger partial charge in [0.15, 0.2) is 11.6 Å². The minimum Gasteiger partial charge on any atom is -0.445 e. The van der Waals surface area contributed by atoms with E-state index in [0.717, 1.165) is 21.5 Å². The van der Waals surface area contributed by atoms with Crippen LogP contribution in [-0.4, -0.2) is 21.9 Å². The van der Waals surface area contributed by atoms with E-state index in [2.05, 4.69) is 19.4 Å². The summed E-state index contributed by atoms with van der Waals surface area (Å²) in [5.41, 5.74) is 2.51. The number of nitrogens with zero attached hydrogens (tertiary/aromatic N) is 4. The van der Waals surface area contributed by atoms with Gasteiger partial charge in [-0.2, -0.15) is 4.40 Å². The number of aliphatic imine (C=N–C) groups is 1. The molecule has 2 aromatic carbocycles. The molecule has 0 aliphatic rings. The van der Waals surface area contributed by atoms with Crippen molar-refractivity contribution in [1.29, 1.82) is 0 Å². The SMILES string of the molecule is C(=NSC=Nc1ccc(Sc2ncccn2)cc1)Oc1ccccc1. The molecule has 0 spiro atoms. The van der Waals surface area contributed by atoms with Crippen molar-refractivity contribution in [1.82, 2.24) is 9.97 Å². The summed E-state index contributed by atoms with van der Waals surface area (Å²) in [5, 5.41) is 0.724. The third kappa shape index (κ3) is 6.06. The van der Waals surface area contributed by atoms with E-state index in [-0.39, 0.29) is 0 Å². The highest BCUT2D eigenvalue weighted by Crippen LogP contribution is 2.26. The molecular weight excluding hydrogens is 352 g/mol. The number of ether oxygens (including phenoxy) is 1. The van der Waals surface area contributed by atoms with Crippen LogP contribution in [0, 0.1) is 0 Å². The Kier molecular flexibility index (Phi) is 6.61. The van der Waals surface area contributed by atoms with E-state index < -0.39 is 0 Å². The molecule has 0 atom stereocenters. The van der Waals surface area contributed by atoms with Gasteiger partial charge in [0.25, 0.3) is 0 Å². The van der Waals surface area contributed by atoms with Crippen LogP contribution in [0.3, 0.4) is 0 Å². The molecular formula is C18H14N4OS2. The molecule has 0 fully saturated rings. The van der Waals surface area contributed by atoms with Crippen molar-refractivity contribution >= 4 is 41.3 Å². The van der Waals surface area contributed by atoms with Crippen molar-refractivity contribution < 1.29 is 4.74 Å². The van der Waals surface area contributed by atoms with Crippen LogP contribution in [0.25, 0.3) is 0 Å². The Labute approximate surface area is 154 Å². The number of rotatable bonds is 7. The van der Waals surface area contributed by atoms with Crippen molar-refractivity contribution in [3.63, 3.8) is 0 Å². The van der Waals surface area contributed by atoms with Gasteiger partial charge >= 0.3 is 0 Å². The van der Waals surface area contributed by atoms with Gasteiger partial charge in [0.05, 0.1) is 11.2 Å². The standard InChI is InChI=1S/C18H14N4OS2/c1-2-5-16(6-3-1)23-13-22-24-14-21-15-7-9-17(10-8-15)25-18-19-11-4-12-20-18/h1-14H. The average molecular weight is 366 g/mol. The first-order valence-electron chi connectivity index (χ1n) is 7.37. The Morgan fingerprint density at radius 1 is 0.880 bits per heavy atom. The Morgan fingerprint density at radius 2 is 1.64 bits per heavy atom. The van der Waals surface area contributed by atoms with Crippen LogP contribution >= 0.6 is 23.7 Å². The highest BCUT2D eigenvalue weighted by Gasteiger charge is 1.99. The Balaban J connectivity index is 1.45. The smallest absolute Gasteiger partial charge is 0.192 e. The zero-order chi connectivity index (χ0) is 17.2. The summed E-state index contributed by atoms with van der Waals surface area (Å²) in [5.74, 6) is 0.749. The Hall–Kier alpha value is -2.64. The van der Waals surface area contributed by atoms with Gasteiger partial charge < -0.3 is 4.74 Å². The molecule has 0 radical (unpaired) electrons. The van der Waals surface area contributed by atoms with Crippen LogP contribution in [-0.2, 0) is 0 Å². The molecule has 1 aromatic heterocycles. The molecule has 124 valence electrons. The molecule has 0 aliphatic carbocycles. The first kappa shape index (κ1) is 17.2. The molecule has 7 heteroatoms. The van der Waals surface area contributed by atoms with Gasteiger partial charge in [0, 0.05) is 29.2 Å². The lowest BCUT2D eigenvalue weighted by atomic mass is 10.3. The van der Waals surface area contributed by atoms with Gasteiger partial charge in [-0.05, 0) is 54.2 Å². The highest BCUT2D eigenvalue weighted by molar-refractivity contribution is 8.11. The van der Waals surface area contributed by atoms with Crippen LogP contribution in [0.15, 0.2) is 92.5 Å². The van der Waals surface area contributed by atoms with E-state index in [1.54, 1.807) is 24.0 Å². The topological polar surface area (TPSA) is 59.7 Å². The van der Waals surface area contributed by atoms with Crippen LogP contribution in [0.5, 0.6) is 5.75 Å². The average Bonchev–Trinajstić information content (AvgIpc) is 2.67. The lowest BCUT2D eigenvalue weighted by molar-refractivity contribution is 0.576. The van der Waals surface area contributed by atoms with Gasteiger partial charge in [-0.3, -0.25) is 0 Å². The molecule has 3 aromatic rings. The van der Waals surface area contributed by atoms with Gasteiger partial charge in [-0.25, -0.2) is 15.0 Å². The number of aromatic nitrogens is 2. The van der Waals surface area contributed by atoms with Crippen molar-refractivity contribution in [2.75, 3.05) is 0 Å². The normalized spacial score (nSPS) is 11.2. The fraction of sp³-hybridized carbons (Fsp3) is 0. The predicted octanol–water partition coefficient (Wildman–Crippen LogP) is 5.04. The number of hydrogen-bond acceptors (Lipinski definition) is 7. The molecule has 0 saturated heterocycles. The molecule has 0 bridgehead atoms. The van der Waals surface area contributed by atoms with E-state index in [9.17, 15) is 0 Å². The predicted molar refractivity (Wildman–Crippen MR) is 104 cm³/mol. The molecule has 0 amide bonds. The first-order valence-corrected chi connectivity index (χ1v) is 9.02. The molecule has 3 rings (SSSR count). The molecule has 25 heavy (non-hydrogen) atoms. The fourth-order valence-electron chi connectivity index (χ4n) is 1.76. The zero-order valence-corrected chi connectivity index (χ0v) is 14.7. The molecule has 5 nitrogen and oxygen atoms in total. The monoisotopic (exact) mass is 366 g/mol. The number of benzene rings is 2. The van der Waals surface area contributed by atoms with E-state index >= 15 is 0 Å². The largest absolute Gasteiger partial charge is 0.445 e. The van der Waals surface area contributed by atoms with Crippen molar-refractivity contribution in [3.8, 4) is 5.75 Å². The summed E-state index contributed by atoms with van der Waals surface area (Å²) >= 11 is 2.71. The number of hydrogen-bond donors (Lipinski definition) is 0. The zero-order valence-electron chi connectivity index (χ0n) is 13.1. The van der Waals surface area contributed by atoms with E-state index in [0.29, 0.717) is 0 Å². The highest BCUT2D eigenvalue weighted by atomic mass is 32.2. The van der Waals surface area contributed by atoms with Crippen LogP contribution in [0.2, 0.25) is 0 Å². The maximum absolute atomic E-state index is 5.34. The number of para-hydroxylation sites is 1. The Morgan fingerprint density at radius 3 is 2.40 bits per heavy atom. The quantitative estimate of drug-likeness (QED) is 0.254. The maximum atomic E-state index is 5.34. The summed E-state index contributed by atoms with van der Waals surface area (Å²) in [4.78, 5) is 13.8. The van der Waals surface area contributed by atoms with E-state index in [1.807, 2.05) is 54.6 Å². The molecule has 0 aliphatic heterocycles. The minimum atomic E-state index is 0.724. The molecule has 0 saturated carbocycles. The first-order chi connectivity index (χ1) is 12.4.